The largest absolute Gasteiger partial charge is 0.489 e. The zero-order valence-corrected chi connectivity index (χ0v) is 17.7. The summed E-state index contributed by atoms with van der Waals surface area (Å²) in [5.74, 6) is 0.174. The molecule has 0 saturated carbocycles. The Morgan fingerprint density at radius 1 is 1.29 bits per heavy atom. The third-order valence-corrected chi connectivity index (χ3v) is 4.80. The van der Waals surface area contributed by atoms with Gasteiger partial charge < -0.3 is 4.74 Å². The number of carbonyl (C=O) groups is 1. The molecule has 0 spiro atoms. The third-order valence-electron chi connectivity index (χ3n) is 4.43. The van der Waals surface area contributed by atoms with Crippen molar-refractivity contribution in [3.05, 3.63) is 86.2 Å². The van der Waals surface area contributed by atoms with Crippen LogP contribution in [0.4, 0.5) is 5.69 Å². The minimum absolute atomic E-state index is 0.0927. The number of rotatable bonds is 8. The molecule has 1 aromatic heterocycles. The number of hydrogen-bond acceptors (Lipinski definition) is 6. The first kappa shape index (κ1) is 22.0. The molecule has 1 amide bonds. The number of aryl methyl sites for hydroxylation is 1. The highest BCUT2D eigenvalue weighted by molar-refractivity contribution is 6.31. The molecule has 9 nitrogen and oxygen atoms in total. The normalized spacial score (nSPS) is 10.9. The van der Waals surface area contributed by atoms with Crippen LogP contribution in [0.3, 0.4) is 0 Å². The minimum Gasteiger partial charge on any atom is -0.489 e. The van der Waals surface area contributed by atoms with E-state index in [1.807, 2.05) is 30.3 Å². The van der Waals surface area contributed by atoms with Crippen molar-refractivity contribution in [1.82, 2.24) is 15.2 Å². The Bertz CT molecular complexity index is 1140. The highest BCUT2D eigenvalue weighted by Gasteiger charge is 2.22. The average molecular weight is 442 g/mol. The zero-order valence-electron chi connectivity index (χ0n) is 16.9. The van der Waals surface area contributed by atoms with Crippen LogP contribution >= 0.6 is 11.6 Å². The molecule has 160 valence electrons. The second kappa shape index (κ2) is 9.86. The van der Waals surface area contributed by atoms with E-state index in [-0.39, 0.29) is 17.9 Å². The summed E-state index contributed by atoms with van der Waals surface area (Å²) < 4.78 is 7.05. The highest BCUT2D eigenvalue weighted by atomic mass is 35.5. The van der Waals surface area contributed by atoms with Crippen LogP contribution in [0.25, 0.3) is 0 Å². The quantitative estimate of drug-likeness (QED) is 0.324. The van der Waals surface area contributed by atoms with E-state index >= 15 is 0 Å². The molecule has 0 aliphatic heterocycles. The second-order valence-electron chi connectivity index (χ2n) is 6.68. The molecule has 3 rings (SSSR count). The Balaban J connectivity index is 1.57. The molecule has 0 bridgehead atoms. The van der Waals surface area contributed by atoms with Gasteiger partial charge in [-0.15, -0.1) is 0 Å². The van der Waals surface area contributed by atoms with Gasteiger partial charge in [-0.05, 0) is 37.6 Å². The summed E-state index contributed by atoms with van der Waals surface area (Å²) in [4.78, 5) is 22.7. The lowest BCUT2D eigenvalue weighted by atomic mass is 10.2. The molecule has 1 N–H and O–H groups in total. The molecule has 10 heteroatoms. The van der Waals surface area contributed by atoms with E-state index in [0.29, 0.717) is 23.1 Å². The zero-order chi connectivity index (χ0) is 22.4. The second-order valence-corrected chi connectivity index (χ2v) is 7.09. The third kappa shape index (κ3) is 5.67. The molecule has 0 radical (unpaired) electrons. The number of hydrazone groups is 1. The maximum atomic E-state index is 12.1. The predicted octanol–water partition coefficient (Wildman–Crippen LogP) is 3.79. The molecule has 1 heterocycles. The fraction of sp³-hybridized carbons (Fsp3) is 0.190. The van der Waals surface area contributed by atoms with Gasteiger partial charge in [-0.1, -0.05) is 41.9 Å². The van der Waals surface area contributed by atoms with Gasteiger partial charge in [-0.3, -0.25) is 19.6 Å². The smallest absolute Gasteiger partial charge is 0.312 e. The summed E-state index contributed by atoms with van der Waals surface area (Å²) in [6.45, 7) is 3.21. The van der Waals surface area contributed by atoms with E-state index in [1.54, 1.807) is 25.1 Å². The van der Waals surface area contributed by atoms with E-state index in [0.717, 1.165) is 11.1 Å². The number of nitro groups is 1. The van der Waals surface area contributed by atoms with Gasteiger partial charge in [0.05, 0.1) is 11.1 Å². The van der Waals surface area contributed by atoms with Crippen molar-refractivity contribution in [1.29, 1.82) is 0 Å². The summed E-state index contributed by atoms with van der Waals surface area (Å²) in [6, 6.07) is 14.6. The number of halogens is 1. The van der Waals surface area contributed by atoms with Crippen molar-refractivity contribution in [2.75, 3.05) is 0 Å². The van der Waals surface area contributed by atoms with Crippen LogP contribution in [-0.2, 0) is 17.9 Å². The first-order chi connectivity index (χ1) is 14.8. The van der Waals surface area contributed by atoms with Crippen molar-refractivity contribution in [3.8, 4) is 5.75 Å². The van der Waals surface area contributed by atoms with Gasteiger partial charge in [0.2, 0.25) is 0 Å². The molecule has 3 aromatic rings. The lowest BCUT2D eigenvalue weighted by Gasteiger charge is -2.08. The van der Waals surface area contributed by atoms with Crippen LogP contribution < -0.4 is 10.2 Å². The van der Waals surface area contributed by atoms with Gasteiger partial charge in [0, 0.05) is 10.6 Å². The molecular weight excluding hydrogens is 422 g/mol. The molecule has 2 aromatic carbocycles. The van der Waals surface area contributed by atoms with Gasteiger partial charge in [0.1, 0.15) is 30.3 Å². The molecular formula is C21H20ClN5O4. The Hall–Kier alpha value is -3.72. The van der Waals surface area contributed by atoms with E-state index in [4.69, 9.17) is 16.3 Å². The van der Waals surface area contributed by atoms with Gasteiger partial charge in [-0.25, -0.2) is 5.43 Å². The van der Waals surface area contributed by atoms with Crippen LogP contribution in [0.1, 0.15) is 22.5 Å². The Labute approximate surface area is 183 Å². The maximum absolute atomic E-state index is 12.1. The van der Waals surface area contributed by atoms with Crippen molar-refractivity contribution in [2.24, 2.45) is 5.10 Å². The standard InChI is InChI=1S/C21H20ClN5O4/c1-14-21(27(29)30)15(2)26(25-14)12-20(28)24-23-11-16-6-5-8-18(10-16)31-13-17-7-3-4-9-19(17)22/h3-11H,12-13H2,1-2H3,(H,24,28). The van der Waals surface area contributed by atoms with E-state index in [2.05, 4.69) is 15.6 Å². The first-order valence-corrected chi connectivity index (χ1v) is 9.69. The van der Waals surface area contributed by atoms with E-state index in [9.17, 15) is 14.9 Å². The predicted molar refractivity (Wildman–Crippen MR) is 116 cm³/mol. The lowest BCUT2D eigenvalue weighted by Crippen LogP contribution is -2.24. The number of hydrogen-bond donors (Lipinski definition) is 1. The molecule has 0 fully saturated rings. The van der Waals surface area contributed by atoms with Crippen molar-refractivity contribution in [2.45, 2.75) is 27.0 Å². The summed E-state index contributed by atoms with van der Waals surface area (Å²) >= 11 is 6.13. The molecule has 31 heavy (non-hydrogen) atoms. The average Bonchev–Trinajstić information content (AvgIpc) is 3.00. The monoisotopic (exact) mass is 441 g/mol. The lowest BCUT2D eigenvalue weighted by molar-refractivity contribution is -0.386. The van der Waals surface area contributed by atoms with E-state index in [1.165, 1.54) is 17.8 Å². The molecule has 0 aliphatic rings. The summed E-state index contributed by atoms with van der Waals surface area (Å²) in [5, 5.41) is 19.7. The topological polar surface area (TPSA) is 112 Å². The molecule has 0 aliphatic carbocycles. The number of benzene rings is 2. The molecule has 0 unspecified atom stereocenters. The fourth-order valence-electron chi connectivity index (χ4n) is 2.92. The van der Waals surface area contributed by atoms with Gasteiger partial charge in [-0.2, -0.15) is 10.2 Å². The number of nitrogens with zero attached hydrogens (tertiary/aromatic N) is 4. The van der Waals surface area contributed by atoms with Gasteiger partial charge in [0.15, 0.2) is 0 Å². The highest BCUT2D eigenvalue weighted by Crippen LogP contribution is 2.21. The Morgan fingerprint density at radius 2 is 2.06 bits per heavy atom. The van der Waals surface area contributed by atoms with Crippen LogP contribution in [0.5, 0.6) is 5.75 Å². The van der Waals surface area contributed by atoms with Crippen molar-refractivity contribution >= 4 is 29.4 Å². The fourth-order valence-corrected chi connectivity index (χ4v) is 3.11. The number of carbonyl (C=O) groups excluding carboxylic acids is 1. The minimum atomic E-state index is -0.509. The van der Waals surface area contributed by atoms with Crippen LogP contribution in [0.15, 0.2) is 53.6 Å². The first-order valence-electron chi connectivity index (χ1n) is 9.31. The van der Waals surface area contributed by atoms with Gasteiger partial charge in [0.25, 0.3) is 5.91 Å². The number of nitrogens with one attached hydrogen (secondary N) is 1. The molecule has 0 saturated heterocycles. The summed E-state index contributed by atoms with van der Waals surface area (Å²) in [5.41, 5.74) is 4.46. The van der Waals surface area contributed by atoms with Gasteiger partial charge >= 0.3 is 5.69 Å². The number of amides is 1. The summed E-state index contributed by atoms with van der Waals surface area (Å²) in [6.07, 6.45) is 1.48. The number of aromatic nitrogens is 2. The Morgan fingerprint density at radius 3 is 2.77 bits per heavy atom. The Kier molecular flexibility index (Phi) is 6.99. The van der Waals surface area contributed by atoms with Crippen molar-refractivity contribution in [3.63, 3.8) is 0 Å². The number of ether oxygens (including phenoxy) is 1. The van der Waals surface area contributed by atoms with Crippen LogP contribution in [-0.4, -0.2) is 26.8 Å². The van der Waals surface area contributed by atoms with Crippen LogP contribution in [0.2, 0.25) is 5.02 Å². The molecule has 0 atom stereocenters. The maximum Gasteiger partial charge on any atom is 0.312 e. The summed E-state index contributed by atoms with van der Waals surface area (Å²) in [7, 11) is 0. The van der Waals surface area contributed by atoms with Crippen molar-refractivity contribution < 1.29 is 14.5 Å². The van der Waals surface area contributed by atoms with E-state index < -0.39 is 10.8 Å². The van der Waals surface area contributed by atoms with Crippen LogP contribution in [0, 0.1) is 24.0 Å². The SMILES string of the molecule is Cc1nn(CC(=O)NN=Cc2cccc(OCc3ccccc3Cl)c2)c(C)c1[N+](=O)[O-].